The van der Waals surface area contributed by atoms with Gasteiger partial charge >= 0.3 is 6.18 Å². The topological polar surface area (TPSA) is 94.0 Å². The molecule has 158 valence electrons. The van der Waals surface area contributed by atoms with Crippen molar-refractivity contribution in [2.24, 2.45) is 17.1 Å². The minimum Gasteiger partial charge on any atom is -0.381 e. The molecule has 0 aliphatic carbocycles. The van der Waals surface area contributed by atoms with E-state index in [1.807, 2.05) is 0 Å². The number of alkyl halides is 3. The van der Waals surface area contributed by atoms with Crippen molar-refractivity contribution in [3.63, 3.8) is 0 Å². The standard InChI is InChI=1S/C19H25F3N6S/c1-12(10-23)18(2)5-8-28(9-6-18)14-11-26-17(16(24)27-14)29-13-4-3-7-25-15(13)19(20,21)22/h3-4,7,11-12H,5-6,8-10,23H2,1-2H3,(H2,24,27). The monoisotopic (exact) mass is 426 g/mol. The van der Waals surface area contributed by atoms with Gasteiger partial charge in [-0.2, -0.15) is 13.2 Å². The highest BCUT2D eigenvalue weighted by atomic mass is 32.2. The summed E-state index contributed by atoms with van der Waals surface area (Å²) in [6.45, 7) is 6.70. The maximum Gasteiger partial charge on any atom is 0.434 e. The van der Waals surface area contributed by atoms with Gasteiger partial charge in [0, 0.05) is 24.2 Å². The third-order valence-electron chi connectivity index (χ3n) is 5.77. The lowest BCUT2D eigenvalue weighted by Gasteiger charge is -2.43. The van der Waals surface area contributed by atoms with Gasteiger partial charge in [0.2, 0.25) is 0 Å². The zero-order valence-electron chi connectivity index (χ0n) is 16.4. The molecule has 0 aromatic carbocycles. The molecule has 0 saturated carbocycles. The SMILES string of the molecule is CC(CN)C1(C)CCN(c2cnc(Sc3cccnc3C(F)(F)F)c(N)n2)CC1. The van der Waals surface area contributed by atoms with Crippen LogP contribution in [0, 0.1) is 11.3 Å². The number of nitrogen functional groups attached to an aromatic ring is 1. The zero-order chi connectivity index (χ0) is 21.2. The van der Waals surface area contributed by atoms with Gasteiger partial charge in [0.1, 0.15) is 10.8 Å². The van der Waals surface area contributed by atoms with E-state index in [0.29, 0.717) is 18.3 Å². The molecule has 0 bridgehead atoms. The number of nitrogens with two attached hydrogens (primary N) is 2. The Morgan fingerprint density at radius 1 is 1.28 bits per heavy atom. The van der Waals surface area contributed by atoms with Gasteiger partial charge in [0.05, 0.1) is 6.20 Å². The van der Waals surface area contributed by atoms with Gasteiger partial charge < -0.3 is 16.4 Å². The van der Waals surface area contributed by atoms with Crippen LogP contribution < -0.4 is 16.4 Å². The predicted molar refractivity (Wildman–Crippen MR) is 108 cm³/mol. The third-order valence-corrected chi connectivity index (χ3v) is 6.83. The van der Waals surface area contributed by atoms with Crippen molar-refractivity contribution in [3.05, 3.63) is 30.2 Å². The summed E-state index contributed by atoms with van der Waals surface area (Å²) in [5.41, 5.74) is 11.1. The Labute approximate surface area is 172 Å². The number of anilines is 2. The number of hydrogen-bond acceptors (Lipinski definition) is 7. The quantitative estimate of drug-likeness (QED) is 0.750. The van der Waals surface area contributed by atoms with Crippen molar-refractivity contribution in [2.75, 3.05) is 30.3 Å². The van der Waals surface area contributed by atoms with Crippen molar-refractivity contribution < 1.29 is 13.2 Å². The van der Waals surface area contributed by atoms with Crippen LogP contribution >= 0.6 is 11.8 Å². The Hall–Kier alpha value is -2.07. The van der Waals surface area contributed by atoms with Gasteiger partial charge in [0.15, 0.2) is 11.5 Å². The third kappa shape index (κ3) is 4.75. The first-order chi connectivity index (χ1) is 13.6. The summed E-state index contributed by atoms with van der Waals surface area (Å²) in [4.78, 5) is 14.2. The normalized spacial score (nSPS) is 17.9. The number of pyridine rings is 1. The fraction of sp³-hybridized carbons (Fsp3) is 0.526. The predicted octanol–water partition coefficient (Wildman–Crippen LogP) is 3.83. The molecule has 1 saturated heterocycles. The zero-order valence-corrected chi connectivity index (χ0v) is 17.2. The molecule has 2 aromatic rings. The summed E-state index contributed by atoms with van der Waals surface area (Å²) in [5, 5.41) is 0.228. The second kappa shape index (κ2) is 8.35. The number of aromatic nitrogens is 3. The lowest BCUT2D eigenvalue weighted by Crippen LogP contribution is -2.43. The van der Waals surface area contributed by atoms with Crippen LogP contribution in [0.1, 0.15) is 32.4 Å². The Kier molecular flexibility index (Phi) is 6.23. The number of rotatable bonds is 5. The molecule has 1 unspecified atom stereocenters. The Balaban J connectivity index is 1.74. The second-order valence-electron chi connectivity index (χ2n) is 7.65. The van der Waals surface area contributed by atoms with Crippen LogP contribution in [-0.4, -0.2) is 34.6 Å². The van der Waals surface area contributed by atoms with Crippen LogP contribution in [0.15, 0.2) is 34.4 Å². The Morgan fingerprint density at radius 2 is 1.97 bits per heavy atom. The van der Waals surface area contributed by atoms with E-state index >= 15 is 0 Å². The fourth-order valence-electron chi connectivity index (χ4n) is 3.43. The van der Waals surface area contributed by atoms with Crippen molar-refractivity contribution in [3.8, 4) is 0 Å². The van der Waals surface area contributed by atoms with Crippen LogP contribution in [-0.2, 0) is 6.18 Å². The van der Waals surface area contributed by atoms with E-state index in [1.54, 1.807) is 6.20 Å². The number of piperidine rings is 1. The minimum atomic E-state index is -4.55. The molecule has 1 aliphatic rings. The van der Waals surface area contributed by atoms with E-state index in [0.717, 1.165) is 43.9 Å². The molecule has 1 fully saturated rings. The van der Waals surface area contributed by atoms with Gasteiger partial charge in [-0.3, -0.25) is 4.98 Å². The number of nitrogens with zero attached hydrogens (tertiary/aromatic N) is 4. The molecule has 10 heteroatoms. The van der Waals surface area contributed by atoms with E-state index in [9.17, 15) is 13.2 Å². The van der Waals surface area contributed by atoms with Crippen LogP contribution in [0.25, 0.3) is 0 Å². The van der Waals surface area contributed by atoms with Crippen LogP contribution in [0.2, 0.25) is 0 Å². The molecule has 6 nitrogen and oxygen atoms in total. The van der Waals surface area contributed by atoms with Crippen molar-refractivity contribution in [2.45, 2.75) is 42.8 Å². The van der Waals surface area contributed by atoms with Crippen LogP contribution in [0.3, 0.4) is 0 Å². The van der Waals surface area contributed by atoms with Gasteiger partial charge in [0.25, 0.3) is 0 Å². The van der Waals surface area contributed by atoms with E-state index in [4.69, 9.17) is 11.5 Å². The molecule has 1 aliphatic heterocycles. The summed E-state index contributed by atoms with van der Waals surface area (Å²) in [6, 6.07) is 2.79. The summed E-state index contributed by atoms with van der Waals surface area (Å²) in [6.07, 6.45) is 0.0903. The Morgan fingerprint density at radius 3 is 2.55 bits per heavy atom. The highest BCUT2D eigenvalue weighted by Gasteiger charge is 2.36. The molecule has 29 heavy (non-hydrogen) atoms. The van der Waals surface area contributed by atoms with Gasteiger partial charge in [-0.25, -0.2) is 9.97 Å². The summed E-state index contributed by atoms with van der Waals surface area (Å²) < 4.78 is 39.4. The molecule has 4 N–H and O–H groups in total. The van der Waals surface area contributed by atoms with Gasteiger partial charge in [-0.15, -0.1) is 0 Å². The lowest BCUT2D eigenvalue weighted by molar-refractivity contribution is -0.143. The van der Waals surface area contributed by atoms with E-state index < -0.39 is 11.9 Å². The summed E-state index contributed by atoms with van der Waals surface area (Å²) in [7, 11) is 0. The number of halogens is 3. The number of hydrogen-bond donors (Lipinski definition) is 2. The molecule has 3 heterocycles. The maximum atomic E-state index is 13.1. The smallest absolute Gasteiger partial charge is 0.381 e. The van der Waals surface area contributed by atoms with E-state index in [-0.39, 0.29) is 21.2 Å². The first-order valence-electron chi connectivity index (χ1n) is 9.41. The van der Waals surface area contributed by atoms with Crippen molar-refractivity contribution in [1.82, 2.24) is 15.0 Å². The molecule has 1 atom stereocenters. The average Bonchev–Trinajstić information content (AvgIpc) is 2.69. The second-order valence-corrected chi connectivity index (χ2v) is 8.68. The first-order valence-corrected chi connectivity index (χ1v) is 10.2. The molecular weight excluding hydrogens is 401 g/mol. The van der Waals surface area contributed by atoms with Crippen molar-refractivity contribution in [1.29, 1.82) is 0 Å². The average molecular weight is 427 g/mol. The fourth-order valence-corrected chi connectivity index (χ4v) is 4.30. The lowest BCUT2D eigenvalue weighted by atomic mass is 9.71. The highest BCUT2D eigenvalue weighted by molar-refractivity contribution is 7.99. The molecule has 0 spiro atoms. The van der Waals surface area contributed by atoms with E-state index in [2.05, 4.69) is 33.7 Å². The molecule has 3 rings (SSSR count). The van der Waals surface area contributed by atoms with Crippen LogP contribution in [0.5, 0.6) is 0 Å². The van der Waals surface area contributed by atoms with Gasteiger partial charge in [-0.1, -0.05) is 25.6 Å². The Bertz CT molecular complexity index is 852. The maximum absolute atomic E-state index is 13.1. The van der Waals surface area contributed by atoms with Crippen LogP contribution in [0.4, 0.5) is 24.8 Å². The van der Waals surface area contributed by atoms with Gasteiger partial charge in [-0.05, 0) is 42.9 Å². The molecule has 0 radical (unpaired) electrons. The molecule has 0 amide bonds. The van der Waals surface area contributed by atoms with E-state index in [1.165, 1.54) is 12.1 Å². The summed E-state index contributed by atoms with van der Waals surface area (Å²) >= 11 is 0.816. The molecular formula is C19H25F3N6S. The summed E-state index contributed by atoms with van der Waals surface area (Å²) in [5.74, 6) is 1.17. The highest BCUT2D eigenvalue weighted by Crippen LogP contribution is 2.40. The minimum absolute atomic E-state index is 0.0572. The first kappa shape index (κ1) is 21.6. The van der Waals surface area contributed by atoms with Crippen molar-refractivity contribution >= 4 is 23.4 Å². The largest absolute Gasteiger partial charge is 0.434 e. The molecule has 2 aromatic heterocycles.